The molecule has 0 atom stereocenters. The van der Waals surface area contributed by atoms with E-state index in [4.69, 9.17) is 4.74 Å². The molecule has 0 spiro atoms. The van der Waals surface area contributed by atoms with Gasteiger partial charge in [-0.2, -0.15) is 0 Å². The summed E-state index contributed by atoms with van der Waals surface area (Å²) in [7, 11) is 1.53. The molecular weight excluding hydrogens is 228 g/mol. The van der Waals surface area contributed by atoms with Gasteiger partial charge in [-0.15, -0.1) is 0 Å². The molecule has 4 nitrogen and oxygen atoms in total. The van der Waals surface area contributed by atoms with Crippen LogP contribution in [-0.2, 0) is 6.54 Å². The van der Waals surface area contributed by atoms with Crippen LogP contribution in [0.15, 0.2) is 36.7 Å². The van der Waals surface area contributed by atoms with Crippen molar-refractivity contribution in [2.24, 2.45) is 0 Å². The van der Waals surface area contributed by atoms with E-state index in [0.29, 0.717) is 12.3 Å². The topological polar surface area (TPSA) is 54.4 Å². The lowest BCUT2D eigenvalue weighted by Crippen LogP contribution is -2.01. The number of aryl methyl sites for hydroxylation is 1. The summed E-state index contributed by atoms with van der Waals surface area (Å²) in [6.45, 7) is 2.65. The molecule has 94 valence electrons. The van der Waals surface area contributed by atoms with Crippen molar-refractivity contribution in [3.05, 3.63) is 47.8 Å². The second kappa shape index (κ2) is 5.40. The highest BCUT2D eigenvalue weighted by atomic mass is 16.5. The number of phenolic OH excluding ortho intramolecular Hbond substituents is 1. The number of aromatic nitrogens is 1. The number of pyridine rings is 1. The van der Waals surface area contributed by atoms with Gasteiger partial charge in [-0.3, -0.25) is 4.98 Å². The quantitative estimate of drug-likeness (QED) is 0.868. The van der Waals surface area contributed by atoms with Crippen LogP contribution in [0.1, 0.15) is 11.1 Å². The Bertz CT molecular complexity index is 541. The van der Waals surface area contributed by atoms with Gasteiger partial charge in [0.25, 0.3) is 0 Å². The van der Waals surface area contributed by atoms with Crippen LogP contribution in [0, 0.1) is 6.92 Å². The van der Waals surface area contributed by atoms with Crippen molar-refractivity contribution in [1.29, 1.82) is 0 Å². The van der Waals surface area contributed by atoms with Gasteiger partial charge in [0.2, 0.25) is 0 Å². The number of anilines is 1. The molecule has 0 bridgehead atoms. The van der Waals surface area contributed by atoms with Crippen molar-refractivity contribution >= 4 is 5.69 Å². The van der Waals surface area contributed by atoms with E-state index in [0.717, 1.165) is 16.8 Å². The Morgan fingerprint density at radius 1 is 1.33 bits per heavy atom. The summed E-state index contributed by atoms with van der Waals surface area (Å²) in [5, 5.41) is 13.0. The highest BCUT2D eigenvalue weighted by molar-refractivity contribution is 5.49. The SMILES string of the molecule is COc1ccc(CNc2cnccc2C)cc1O. The van der Waals surface area contributed by atoms with Gasteiger partial charge in [0.1, 0.15) is 0 Å². The smallest absolute Gasteiger partial charge is 0.160 e. The van der Waals surface area contributed by atoms with Gasteiger partial charge in [0, 0.05) is 12.7 Å². The van der Waals surface area contributed by atoms with Crippen LogP contribution in [0.5, 0.6) is 11.5 Å². The Labute approximate surface area is 106 Å². The fourth-order valence-corrected chi connectivity index (χ4v) is 1.69. The van der Waals surface area contributed by atoms with Crippen LogP contribution < -0.4 is 10.1 Å². The summed E-state index contributed by atoms with van der Waals surface area (Å²) in [6, 6.07) is 7.31. The average molecular weight is 244 g/mol. The highest BCUT2D eigenvalue weighted by Gasteiger charge is 2.03. The third-order valence-electron chi connectivity index (χ3n) is 2.77. The van der Waals surface area contributed by atoms with Gasteiger partial charge in [-0.1, -0.05) is 6.07 Å². The van der Waals surface area contributed by atoms with Crippen LogP contribution in [0.3, 0.4) is 0 Å². The maximum absolute atomic E-state index is 9.68. The fraction of sp³-hybridized carbons (Fsp3) is 0.214. The first-order chi connectivity index (χ1) is 8.70. The van der Waals surface area contributed by atoms with Gasteiger partial charge in [-0.25, -0.2) is 0 Å². The van der Waals surface area contributed by atoms with E-state index in [9.17, 15) is 5.11 Å². The lowest BCUT2D eigenvalue weighted by atomic mass is 10.2. The molecule has 1 heterocycles. The number of methoxy groups -OCH3 is 1. The standard InChI is InChI=1S/C14H16N2O2/c1-10-5-6-15-9-12(10)16-8-11-3-4-14(18-2)13(17)7-11/h3-7,9,16-17H,8H2,1-2H3. The van der Waals surface area contributed by atoms with Gasteiger partial charge >= 0.3 is 0 Å². The number of hydrogen-bond donors (Lipinski definition) is 2. The Morgan fingerprint density at radius 3 is 2.83 bits per heavy atom. The molecular formula is C14H16N2O2. The first kappa shape index (κ1) is 12.2. The second-order valence-electron chi connectivity index (χ2n) is 4.05. The van der Waals surface area contributed by atoms with E-state index in [-0.39, 0.29) is 5.75 Å². The molecule has 0 unspecified atom stereocenters. The third-order valence-corrected chi connectivity index (χ3v) is 2.77. The summed E-state index contributed by atoms with van der Waals surface area (Å²) in [4.78, 5) is 4.07. The maximum atomic E-state index is 9.68. The van der Waals surface area contributed by atoms with Crippen molar-refractivity contribution in [1.82, 2.24) is 4.98 Å². The lowest BCUT2D eigenvalue weighted by molar-refractivity contribution is 0.373. The first-order valence-electron chi connectivity index (χ1n) is 5.71. The number of benzene rings is 1. The van der Waals surface area contributed by atoms with E-state index in [1.807, 2.05) is 19.1 Å². The molecule has 1 aromatic carbocycles. The fourth-order valence-electron chi connectivity index (χ4n) is 1.69. The number of nitrogens with zero attached hydrogens (tertiary/aromatic N) is 1. The number of ether oxygens (including phenoxy) is 1. The molecule has 0 aliphatic rings. The average Bonchev–Trinajstić information content (AvgIpc) is 2.38. The molecule has 2 aromatic rings. The number of nitrogens with one attached hydrogen (secondary N) is 1. The van der Waals surface area contributed by atoms with Crippen molar-refractivity contribution in [3.8, 4) is 11.5 Å². The van der Waals surface area contributed by atoms with Gasteiger partial charge < -0.3 is 15.2 Å². The molecule has 0 aliphatic heterocycles. The lowest BCUT2D eigenvalue weighted by Gasteiger charge is -2.10. The van der Waals surface area contributed by atoms with Crippen LogP contribution in [-0.4, -0.2) is 17.2 Å². The van der Waals surface area contributed by atoms with E-state index in [2.05, 4.69) is 10.3 Å². The van der Waals surface area contributed by atoms with E-state index in [1.54, 1.807) is 24.5 Å². The van der Waals surface area contributed by atoms with Gasteiger partial charge in [0.15, 0.2) is 11.5 Å². The normalized spacial score (nSPS) is 10.1. The summed E-state index contributed by atoms with van der Waals surface area (Å²) < 4.78 is 5.00. The number of aromatic hydroxyl groups is 1. The zero-order valence-corrected chi connectivity index (χ0v) is 10.5. The minimum absolute atomic E-state index is 0.153. The molecule has 0 amide bonds. The Kier molecular flexibility index (Phi) is 3.67. The molecule has 0 fully saturated rings. The molecule has 2 N–H and O–H groups in total. The summed E-state index contributed by atoms with van der Waals surface area (Å²) in [5.74, 6) is 0.635. The van der Waals surface area contributed by atoms with Crippen LogP contribution in [0.25, 0.3) is 0 Å². The number of rotatable bonds is 4. The molecule has 2 rings (SSSR count). The molecule has 0 saturated carbocycles. The summed E-state index contributed by atoms with van der Waals surface area (Å²) in [5.41, 5.74) is 3.12. The second-order valence-corrected chi connectivity index (χ2v) is 4.05. The minimum Gasteiger partial charge on any atom is -0.504 e. The number of phenols is 1. The van der Waals surface area contributed by atoms with Crippen molar-refractivity contribution < 1.29 is 9.84 Å². The van der Waals surface area contributed by atoms with Crippen LogP contribution in [0.2, 0.25) is 0 Å². The zero-order chi connectivity index (χ0) is 13.0. The van der Waals surface area contributed by atoms with Crippen molar-refractivity contribution in [2.75, 3.05) is 12.4 Å². The highest BCUT2D eigenvalue weighted by Crippen LogP contribution is 2.26. The van der Waals surface area contributed by atoms with Crippen molar-refractivity contribution in [3.63, 3.8) is 0 Å². The maximum Gasteiger partial charge on any atom is 0.160 e. The van der Waals surface area contributed by atoms with E-state index in [1.165, 1.54) is 7.11 Å². The molecule has 4 heteroatoms. The van der Waals surface area contributed by atoms with Crippen LogP contribution in [0.4, 0.5) is 5.69 Å². The summed E-state index contributed by atoms with van der Waals surface area (Å²) in [6.07, 6.45) is 3.55. The van der Waals surface area contributed by atoms with E-state index >= 15 is 0 Å². The van der Waals surface area contributed by atoms with E-state index < -0.39 is 0 Å². The van der Waals surface area contributed by atoms with Crippen molar-refractivity contribution in [2.45, 2.75) is 13.5 Å². The molecule has 18 heavy (non-hydrogen) atoms. The molecule has 0 radical (unpaired) electrons. The predicted molar refractivity (Wildman–Crippen MR) is 71.0 cm³/mol. The Balaban J connectivity index is 2.07. The first-order valence-corrected chi connectivity index (χ1v) is 5.71. The number of hydrogen-bond acceptors (Lipinski definition) is 4. The molecule has 0 saturated heterocycles. The predicted octanol–water partition coefficient (Wildman–Crippen LogP) is 2.72. The van der Waals surface area contributed by atoms with Crippen LogP contribution >= 0.6 is 0 Å². The largest absolute Gasteiger partial charge is 0.504 e. The van der Waals surface area contributed by atoms with Gasteiger partial charge in [-0.05, 0) is 36.2 Å². The Morgan fingerprint density at radius 2 is 2.17 bits per heavy atom. The third kappa shape index (κ3) is 2.71. The molecule has 0 aliphatic carbocycles. The summed E-state index contributed by atoms with van der Waals surface area (Å²) >= 11 is 0. The van der Waals surface area contributed by atoms with Gasteiger partial charge in [0.05, 0.1) is 19.0 Å². The Hall–Kier alpha value is -2.23. The minimum atomic E-state index is 0.153. The monoisotopic (exact) mass is 244 g/mol. The molecule has 1 aromatic heterocycles. The zero-order valence-electron chi connectivity index (χ0n) is 10.5.